The van der Waals surface area contributed by atoms with Crippen molar-refractivity contribution in [3.63, 3.8) is 0 Å². The van der Waals surface area contributed by atoms with Gasteiger partial charge in [0.25, 0.3) is 0 Å². The van der Waals surface area contributed by atoms with Gasteiger partial charge in [-0.15, -0.1) is 11.8 Å². The Morgan fingerprint density at radius 3 is 2.46 bits per heavy atom. The van der Waals surface area contributed by atoms with Crippen LogP contribution in [0.1, 0.15) is 16.7 Å². The van der Waals surface area contributed by atoms with E-state index < -0.39 is 0 Å². The lowest BCUT2D eigenvalue weighted by molar-refractivity contribution is -0.114. The zero-order valence-corrected chi connectivity index (χ0v) is 17.2. The van der Waals surface area contributed by atoms with Crippen molar-refractivity contribution in [1.29, 1.82) is 0 Å². The molecule has 144 valence electrons. The van der Waals surface area contributed by atoms with E-state index >= 15 is 0 Å². The number of anilines is 2. The number of nitrogens with zero attached hydrogens (tertiary/aromatic N) is 3. The quantitative estimate of drug-likeness (QED) is 0.602. The average Bonchev–Trinajstić information content (AvgIpc) is 2.70. The predicted molar refractivity (Wildman–Crippen MR) is 116 cm³/mol. The number of thioether (sulfide) groups is 1. The molecule has 0 aliphatic rings. The summed E-state index contributed by atoms with van der Waals surface area (Å²) in [6, 6.07) is 16.2. The number of aromatic nitrogens is 2. The third kappa shape index (κ3) is 5.33. The molecule has 0 spiro atoms. The monoisotopic (exact) mass is 392 g/mol. The molecule has 6 heteroatoms. The number of likely N-dealkylation sites (N-methyl/N-ethyl adjacent to an activating group) is 1. The normalized spacial score (nSPS) is 10.5. The van der Waals surface area contributed by atoms with Crippen molar-refractivity contribution in [2.24, 2.45) is 0 Å². The third-order valence-corrected chi connectivity index (χ3v) is 5.32. The maximum absolute atomic E-state index is 12.5. The van der Waals surface area contributed by atoms with Crippen molar-refractivity contribution in [2.45, 2.75) is 24.6 Å². The third-order valence-electron chi connectivity index (χ3n) is 4.35. The molecule has 3 aromatic rings. The highest BCUT2D eigenvalue weighted by atomic mass is 32.2. The fourth-order valence-corrected chi connectivity index (χ4v) is 3.61. The molecule has 0 aliphatic carbocycles. The van der Waals surface area contributed by atoms with Crippen molar-refractivity contribution in [3.05, 3.63) is 77.6 Å². The first-order valence-electron chi connectivity index (χ1n) is 9.09. The lowest BCUT2D eigenvalue weighted by Gasteiger charge is -2.19. The van der Waals surface area contributed by atoms with E-state index in [0.29, 0.717) is 5.82 Å². The zero-order valence-electron chi connectivity index (χ0n) is 16.3. The van der Waals surface area contributed by atoms with E-state index in [4.69, 9.17) is 0 Å². The molecule has 0 saturated heterocycles. The summed E-state index contributed by atoms with van der Waals surface area (Å²) in [6.45, 7) is 4.19. The summed E-state index contributed by atoms with van der Waals surface area (Å²) in [5.41, 5.74) is 4.21. The molecule has 0 saturated carbocycles. The Morgan fingerprint density at radius 1 is 1.04 bits per heavy atom. The van der Waals surface area contributed by atoms with Crippen LogP contribution < -0.4 is 10.2 Å². The van der Waals surface area contributed by atoms with Gasteiger partial charge in [0.05, 0.1) is 18.9 Å². The van der Waals surface area contributed by atoms with E-state index in [0.717, 1.165) is 27.6 Å². The highest BCUT2D eigenvalue weighted by Crippen LogP contribution is 2.22. The summed E-state index contributed by atoms with van der Waals surface area (Å²) >= 11 is 1.63. The van der Waals surface area contributed by atoms with Crippen LogP contribution in [0.15, 0.2) is 66.0 Å². The summed E-state index contributed by atoms with van der Waals surface area (Å²) in [7, 11) is 1.85. The molecule has 3 rings (SSSR count). The first kappa shape index (κ1) is 19.9. The molecule has 0 fully saturated rings. The highest BCUT2D eigenvalue weighted by Gasteiger charge is 2.12. The van der Waals surface area contributed by atoms with E-state index in [2.05, 4.69) is 27.4 Å². The Kier molecular flexibility index (Phi) is 6.66. The van der Waals surface area contributed by atoms with Gasteiger partial charge in [-0.1, -0.05) is 48.5 Å². The van der Waals surface area contributed by atoms with Gasteiger partial charge in [-0.25, -0.2) is 4.98 Å². The minimum atomic E-state index is -0.0796. The standard InChI is InChI=1S/C22H24N4OS/c1-16-8-7-9-17(2)22(16)25-20(27)14-26(3)19-12-23-13-21(24-19)28-15-18-10-5-4-6-11-18/h4-13H,14-15H2,1-3H3,(H,25,27). The van der Waals surface area contributed by atoms with Gasteiger partial charge in [0.2, 0.25) is 5.91 Å². The number of rotatable bonds is 7. The van der Waals surface area contributed by atoms with E-state index in [1.165, 1.54) is 5.56 Å². The molecular weight excluding hydrogens is 368 g/mol. The molecule has 1 N–H and O–H groups in total. The van der Waals surface area contributed by atoms with Crippen LogP contribution in [0.2, 0.25) is 0 Å². The summed E-state index contributed by atoms with van der Waals surface area (Å²) in [6.07, 6.45) is 3.43. The molecule has 1 heterocycles. The van der Waals surface area contributed by atoms with Gasteiger partial charge < -0.3 is 10.2 Å². The van der Waals surface area contributed by atoms with Gasteiger partial charge in [0.15, 0.2) is 0 Å². The summed E-state index contributed by atoms with van der Waals surface area (Å²) in [5.74, 6) is 1.43. The molecule has 0 unspecified atom stereocenters. The number of carbonyl (C=O) groups is 1. The molecular formula is C22H24N4OS. The number of benzene rings is 2. The average molecular weight is 393 g/mol. The Morgan fingerprint density at radius 2 is 1.75 bits per heavy atom. The molecule has 0 aliphatic heterocycles. The number of para-hydroxylation sites is 1. The van der Waals surface area contributed by atoms with Crippen molar-refractivity contribution in [2.75, 3.05) is 23.8 Å². The maximum atomic E-state index is 12.5. The molecule has 28 heavy (non-hydrogen) atoms. The molecule has 1 amide bonds. The number of amides is 1. The van der Waals surface area contributed by atoms with Crippen molar-refractivity contribution in [3.8, 4) is 0 Å². The molecule has 1 aromatic heterocycles. The number of hydrogen-bond donors (Lipinski definition) is 1. The Bertz CT molecular complexity index is 926. The van der Waals surface area contributed by atoms with E-state index in [9.17, 15) is 4.79 Å². The zero-order chi connectivity index (χ0) is 19.9. The number of aryl methyl sites for hydroxylation is 2. The van der Waals surface area contributed by atoms with Gasteiger partial charge in [-0.05, 0) is 30.5 Å². The lowest BCUT2D eigenvalue weighted by Crippen LogP contribution is -2.31. The Labute approximate surface area is 170 Å². The fraction of sp³-hybridized carbons (Fsp3) is 0.227. The minimum Gasteiger partial charge on any atom is -0.349 e. The SMILES string of the molecule is Cc1cccc(C)c1NC(=O)CN(C)c1cncc(SCc2ccccc2)n1. The first-order valence-corrected chi connectivity index (χ1v) is 10.1. The van der Waals surface area contributed by atoms with Gasteiger partial charge in [-0.2, -0.15) is 0 Å². The van der Waals surface area contributed by atoms with Crippen LogP contribution in [0.3, 0.4) is 0 Å². The van der Waals surface area contributed by atoms with Gasteiger partial charge in [0, 0.05) is 18.5 Å². The van der Waals surface area contributed by atoms with Crippen LogP contribution >= 0.6 is 11.8 Å². The van der Waals surface area contributed by atoms with Crippen LogP contribution in [-0.2, 0) is 10.5 Å². The van der Waals surface area contributed by atoms with Crippen molar-refractivity contribution >= 4 is 29.2 Å². The van der Waals surface area contributed by atoms with Gasteiger partial charge >= 0.3 is 0 Å². The smallest absolute Gasteiger partial charge is 0.243 e. The molecule has 2 aromatic carbocycles. The summed E-state index contributed by atoms with van der Waals surface area (Å²) in [5, 5.41) is 3.84. The Balaban J connectivity index is 1.61. The second kappa shape index (κ2) is 9.37. The molecule has 0 bridgehead atoms. The number of carbonyl (C=O) groups excluding carboxylic acids is 1. The topological polar surface area (TPSA) is 58.1 Å². The van der Waals surface area contributed by atoms with Crippen LogP contribution in [0.4, 0.5) is 11.5 Å². The summed E-state index contributed by atoms with van der Waals surface area (Å²) in [4.78, 5) is 23.2. The van der Waals surface area contributed by atoms with E-state index in [1.807, 2.05) is 62.2 Å². The second-order valence-corrected chi connectivity index (χ2v) is 7.66. The van der Waals surface area contributed by atoms with Gasteiger partial charge in [-0.3, -0.25) is 9.78 Å². The number of hydrogen-bond acceptors (Lipinski definition) is 5. The summed E-state index contributed by atoms with van der Waals surface area (Å²) < 4.78 is 0. The largest absolute Gasteiger partial charge is 0.349 e. The molecule has 5 nitrogen and oxygen atoms in total. The van der Waals surface area contributed by atoms with E-state index in [-0.39, 0.29) is 12.5 Å². The Hall–Kier alpha value is -2.86. The van der Waals surface area contributed by atoms with Crippen LogP contribution in [0.25, 0.3) is 0 Å². The molecule has 0 atom stereocenters. The minimum absolute atomic E-state index is 0.0796. The predicted octanol–water partition coefficient (Wildman–Crippen LogP) is 4.46. The second-order valence-electron chi connectivity index (χ2n) is 6.66. The lowest BCUT2D eigenvalue weighted by atomic mass is 10.1. The van der Waals surface area contributed by atoms with Crippen molar-refractivity contribution in [1.82, 2.24) is 9.97 Å². The molecule has 0 radical (unpaired) electrons. The maximum Gasteiger partial charge on any atom is 0.243 e. The highest BCUT2D eigenvalue weighted by molar-refractivity contribution is 7.98. The van der Waals surface area contributed by atoms with Crippen molar-refractivity contribution < 1.29 is 4.79 Å². The fourth-order valence-electron chi connectivity index (χ4n) is 2.81. The van der Waals surface area contributed by atoms with Gasteiger partial charge in [0.1, 0.15) is 10.8 Å². The number of nitrogens with one attached hydrogen (secondary N) is 1. The van der Waals surface area contributed by atoms with Crippen LogP contribution in [0, 0.1) is 13.8 Å². The van der Waals surface area contributed by atoms with E-state index in [1.54, 1.807) is 24.2 Å². The van der Waals surface area contributed by atoms with Crippen LogP contribution in [-0.4, -0.2) is 29.5 Å². The first-order chi connectivity index (χ1) is 13.5. The van der Waals surface area contributed by atoms with Crippen LogP contribution in [0.5, 0.6) is 0 Å².